The number of hydrogen-bond acceptors (Lipinski definition) is 2. The minimum absolute atomic E-state index is 0.0318. The molecule has 1 saturated heterocycles. The smallest absolute Gasteiger partial charge is 0.337 e. The lowest BCUT2D eigenvalue weighted by atomic mass is 10.1. The zero-order chi connectivity index (χ0) is 17.9. The predicted molar refractivity (Wildman–Crippen MR) is 78.8 cm³/mol. The van der Waals surface area contributed by atoms with Crippen molar-refractivity contribution in [1.82, 2.24) is 9.80 Å². The van der Waals surface area contributed by atoms with Crippen LogP contribution < -0.4 is 0 Å². The van der Waals surface area contributed by atoms with Crippen LogP contribution in [-0.4, -0.2) is 47.8 Å². The third-order valence-corrected chi connectivity index (χ3v) is 3.77. The fraction of sp³-hybridized carbons (Fsp3) is 0.375. The molecule has 0 bridgehead atoms. The first-order valence-corrected chi connectivity index (χ1v) is 7.31. The minimum Gasteiger partial charge on any atom is -0.337 e. The van der Waals surface area contributed by atoms with Crippen molar-refractivity contribution in [2.24, 2.45) is 0 Å². The van der Waals surface area contributed by atoms with Gasteiger partial charge in [-0.25, -0.2) is 4.39 Å². The summed E-state index contributed by atoms with van der Waals surface area (Å²) in [6.07, 6.45) is -4.29. The van der Waals surface area contributed by atoms with E-state index < -0.39 is 34.9 Å². The van der Waals surface area contributed by atoms with Gasteiger partial charge in [0.2, 0.25) is 0 Å². The largest absolute Gasteiger partial charge is 0.417 e. The van der Waals surface area contributed by atoms with Gasteiger partial charge in [-0.05, 0) is 18.6 Å². The van der Waals surface area contributed by atoms with Crippen LogP contribution in [0.2, 0.25) is 0 Å². The number of halogens is 4. The minimum atomic E-state index is -4.63. The quantitative estimate of drug-likeness (QED) is 0.611. The first-order valence-electron chi connectivity index (χ1n) is 7.31. The highest BCUT2D eigenvalue weighted by Crippen LogP contribution is 2.32. The number of hydrogen-bond donors (Lipinski definition) is 0. The molecule has 2 rings (SSSR count). The zero-order valence-corrected chi connectivity index (χ0v) is 12.8. The molecule has 8 heteroatoms. The summed E-state index contributed by atoms with van der Waals surface area (Å²) in [5.74, 6) is -2.71. The second-order valence-electron chi connectivity index (χ2n) is 5.39. The van der Waals surface area contributed by atoms with Gasteiger partial charge < -0.3 is 9.80 Å². The Morgan fingerprint density at radius 3 is 2.21 bits per heavy atom. The lowest BCUT2D eigenvalue weighted by Crippen LogP contribution is -2.38. The van der Waals surface area contributed by atoms with Crippen LogP contribution in [0.25, 0.3) is 0 Å². The van der Waals surface area contributed by atoms with Crippen molar-refractivity contribution in [2.45, 2.75) is 12.6 Å². The zero-order valence-electron chi connectivity index (χ0n) is 12.8. The highest BCUT2D eigenvalue weighted by atomic mass is 19.4. The number of alkyl halides is 3. The van der Waals surface area contributed by atoms with E-state index in [1.54, 1.807) is 0 Å². The Bertz CT molecular complexity index is 658. The number of carbonyl (C=O) groups excluding carboxylic acids is 2. The average molecular weight is 344 g/mol. The van der Waals surface area contributed by atoms with E-state index in [2.05, 4.69) is 6.58 Å². The van der Waals surface area contributed by atoms with Gasteiger partial charge in [0.15, 0.2) is 5.83 Å². The van der Waals surface area contributed by atoms with E-state index in [1.165, 1.54) is 21.9 Å². The van der Waals surface area contributed by atoms with Gasteiger partial charge in [-0.2, -0.15) is 13.2 Å². The van der Waals surface area contributed by atoms with E-state index >= 15 is 0 Å². The van der Waals surface area contributed by atoms with Crippen LogP contribution in [0.5, 0.6) is 0 Å². The van der Waals surface area contributed by atoms with Gasteiger partial charge in [-0.3, -0.25) is 9.59 Å². The summed E-state index contributed by atoms with van der Waals surface area (Å²) in [7, 11) is 0. The highest BCUT2D eigenvalue weighted by molar-refractivity contribution is 5.96. The summed E-state index contributed by atoms with van der Waals surface area (Å²) in [5, 5.41) is 0. The molecule has 0 aliphatic carbocycles. The van der Waals surface area contributed by atoms with Crippen LogP contribution in [0.4, 0.5) is 17.6 Å². The second kappa shape index (κ2) is 7.02. The molecular formula is C16H16F4N2O2. The van der Waals surface area contributed by atoms with Crippen LogP contribution in [0.15, 0.2) is 36.7 Å². The Balaban J connectivity index is 2.17. The van der Waals surface area contributed by atoms with Gasteiger partial charge in [0.1, 0.15) is 0 Å². The molecule has 1 fully saturated rings. The summed E-state index contributed by atoms with van der Waals surface area (Å²) in [4.78, 5) is 26.5. The number of amides is 2. The van der Waals surface area contributed by atoms with Crippen LogP contribution in [0.1, 0.15) is 22.3 Å². The molecule has 130 valence electrons. The van der Waals surface area contributed by atoms with Crippen molar-refractivity contribution >= 4 is 11.8 Å². The molecule has 1 aromatic carbocycles. The maximum absolute atomic E-state index is 13.0. The van der Waals surface area contributed by atoms with Crippen molar-refractivity contribution < 1.29 is 27.2 Å². The molecule has 4 nitrogen and oxygen atoms in total. The summed E-state index contributed by atoms with van der Waals surface area (Å²) >= 11 is 0. The number of rotatable bonds is 2. The van der Waals surface area contributed by atoms with Crippen molar-refractivity contribution in [3.05, 3.63) is 47.8 Å². The van der Waals surface area contributed by atoms with Gasteiger partial charge in [-0.1, -0.05) is 18.7 Å². The van der Waals surface area contributed by atoms with Crippen LogP contribution in [-0.2, 0) is 11.0 Å². The molecule has 1 heterocycles. The van der Waals surface area contributed by atoms with Crippen molar-refractivity contribution in [3.8, 4) is 0 Å². The molecule has 1 aliphatic rings. The standard InChI is InChI=1S/C16H16F4N2O2/c1-11(17)14(23)21-7-4-8-22(10-9-21)15(24)12-5-2-3-6-13(12)16(18,19)20/h2-3,5-6H,1,4,7-10H2. The van der Waals surface area contributed by atoms with E-state index in [1.807, 2.05) is 0 Å². The van der Waals surface area contributed by atoms with Gasteiger partial charge in [0.05, 0.1) is 11.1 Å². The van der Waals surface area contributed by atoms with Crippen molar-refractivity contribution in [3.63, 3.8) is 0 Å². The van der Waals surface area contributed by atoms with Crippen molar-refractivity contribution in [2.75, 3.05) is 26.2 Å². The topological polar surface area (TPSA) is 40.6 Å². The molecule has 0 N–H and O–H groups in total. The molecule has 24 heavy (non-hydrogen) atoms. The Kier molecular flexibility index (Phi) is 5.26. The van der Waals surface area contributed by atoms with Crippen molar-refractivity contribution in [1.29, 1.82) is 0 Å². The molecule has 0 atom stereocenters. The maximum Gasteiger partial charge on any atom is 0.417 e. The van der Waals surface area contributed by atoms with Gasteiger partial charge >= 0.3 is 6.18 Å². The highest BCUT2D eigenvalue weighted by Gasteiger charge is 2.36. The molecule has 1 aliphatic heterocycles. The summed E-state index contributed by atoms with van der Waals surface area (Å²) in [6.45, 7) is 3.42. The average Bonchev–Trinajstić information content (AvgIpc) is 2.78. The van der Waals surface area contributed by atoms with Crippen LogP contribution in [0.3, 0.4) is 0 Å². The fourth-order valence-electron chi connectivity index (χ4n) is 2.58. The predicted octanol–water partition coefficient (Wildman–Crippen LogP) is 2.86. The maximum atomic E-state index is 13.0. The van der Waals surface area contributed by atoms with Gasteiger partial charge in [0.25, 0.3) is 11.8 Å². The molecule has 0 radical (unpaired) electrons. The third-order valence-electron chi connectivity index (χ3n) is 3.77. The summed E-state index contributed by atoms with van der Waals surface area (Å²) < 4.78 is 52.0. The van der Waals surface area contributed by atoms with Gasteiger partial charge in [-0.15, -0.1) is 0 Å². The number of carbonyl (C=O) groups is 2. The molecule has 0 unspecified atom stereocenters. The SMILES string of the molecule is C=C(F)C(=O)N1CCCN(C(=O)c2ccccc2C(F)(F)F)CC1. The molecular weight excluding hydrogens is 328 g/mol. The fourth-order valence-corrected chi connectivity index (χ4v) is 2.58. The van der Waals surface area contributed by atoms with E-state index in [4.69, 9.17) is 0 Å². The Morgan fingerprint density at radius 2 is 1.58 bits per heavy atom. The van der Waals surface area contributed by atoms with E-state index in [9.17, 15) is 27.2 Å². The lowest BCUT2D eigenvalue weighted by Gasteiger charge is -2.23. The van der Waals surface area contributed by atoms with E-state index in [-0.39, 0.29) is 26.2 Å². The molecule has 0 spiro atoms. The lowest BCUT2D eigenvalue weighted by molar-refractivity contribution is -0.138. The first-order chi connectivity index (χ1) is 11.2. The van der Waals surface area contributed by atoms with Crippen LogP contribution >= 0.6 is 0 Å². The molecule has 0 aromatic heterocycles. The summed E-state index contributed by atoms with van der Waals surface area (Å²) in [5.41, 5.74) is -1.43. The molecule has 0 saturated carbocycles. The Morgan fingerprint density at radius 1 is 1.00 bits per heavy atom. The monoisotopic (exact) mass is 344 g/mol. The number of benzene rings is 1. The van der Waals surface area contributed by atoms with E-state index in [0.717, 1.165) is 12.1 Å². The molecule has 2 amide bonds. The second-order valence-corrected chi connectivity index (χ2v) is 5.39. The third kappa shape index (κ3) is 3.93. The Labute approximate surface area is 136 Å². The first kappa shape index (κ1) is 18.0. The Hall–Kier alpha value is -2.38. The normalized spacial score (nSPS) is 15.8. The summed E-state index contributed by atoms with van der Waals surface area (Å²) in [6, 6.07) is 4.56. The van der Waals surface area contributed by atoms with Crippen LogP contribution in [0, 0.1) is 0 Å². The van der Waals surface area contributed by atoms with E-state index in [0.29, 0.717) is 6.42 Å². The van der Waals surface area contributed by atoms with Gasteiger partial charge in [0, 0.05) is 26.2 Å². The molecule has 1 aromatic rings. The number of nitrogens with zero attached hydrogens (tertiary/aromatic N) is 2.